The number of benzene rings is 3. The molecule has 1 amide bonds. The SMILES string of the molecule is CCOc1ccc(-n2c(SCC(=O)NN=Cc3cc(I)cc(I)c3O)nnc2-c2ccc(Cl)cc2)cc1. The Bertz CT molecular complexity index is 1430. The standard InChI is InChI=1S/C25H20ClI2N5O3S/c1-2-36-20-9-7-19(8-10-20)33-24(15-3-5-17(26)6-4-15)31-32-25(33)37-14-22(34)30-29-13-16-11-18(27)12-21(28)23(16)35/h3-13,35H,2,14H2,1H3,(H,30,34). The number of thioether (sulfide) groups is 1. The second-order valence-electron chi connectivity index (χ2n) is 7.48. The fraction of sp³-hybridized carbons (Fsp3) is 0.120. The minimum absolute atomic E-state index is 0.0585. The van der Waals surface area contributed by atoms with E-state index in [4.69, 9.17) is 16.3 Å². The first-order valence-electron chi connectivity index (χ1n) is 10.9. The van der Waals surface area contributed by atoms with Gasteiger partial charge in [-0.3, -0.25) is 9.36 Å². The third kappa shape index (κ3) is 7.15. The normalized spacial score (nSPS) is 11.1. The average Bonchev–Trinajstić information content (AvgIpc) is 3.30. The number of hydrazone groups is 1. The first kappa shape index (κ1) is 27.7. The number of phenols is 1. The number of hydrogen-bond donors (Lipinski definition) is 2. The molecule has 4 rings (SSSR count). The molecule has 0 aliphatic carbocycles. The second kappa shape index (κ2) is 12.9. The summed E-state index contributed by atoms with van der Waals surface area (Å²) in [4.78, 5) is 12.5. The number of aromatic nitrogens is 3. The summed E-state index contributed by atoms with van der Waals surface area (Å²) in [5.41, 5.74) is 4.67. The van der Waals surface area contributed by atoms with Gasteiger partial charge in [0.1, 0.15) is 11.5 Å². The van der Waals surface area contributed by atoms with Crippen molar-refractivity contribution in [3.8, 4) is 28.6 Å². The predicted octanol–water partition coefficient (Wildman–Crippen LogP) is 6.14. The maximum atomic E-state index is 12.5. The van der Waals surface area contributed by atoms with Crippen LogP contribution < -0.4 is 10.2 Å². The molecule has 0 aliphatic rings. The smallest absolute Gasteiger partial charge is 0.250 e. The summed E-state index contributed by atoms with van der Waals surface area (Å²) in [6.45, 7) is 2.50. The third-order valence-electron chi connectivity index (χ3n) is 4.92. The number of carbonyl (C=O) groups is 1. The fourth-order valence-electron chi connectivity index (χ4n) is 3.26. The third-order valence-corrected chi connectivity index (χ3v) is 7.55. The zero-order chi connectivity index (χ0) is 26.4. The number of amides is 1. The van der Waals surface area contributed by atoms with Crippen LogP contribution in [0.2, 0.25) is 5.02 Å². The molecule has 37 heavy (non-hydrogen) atoms. The van der Waals surface area contributed by atoms with E-state index in [0.29, 0.717) is 31.7 Å². The number of aromatic hydroxyl groups is 1. The Morgan fingerprint density at radius 1 is 1.16 bits per heavy atom. The lowest BCUT2D eigenvalue weighted by atomic mass is 10.2. The number of carbonyl (C=O) groups excluding carboxylic acids is 1. The van der Waals surface area contributed by atoms with Crippen LogP contribution >= 0.6 is 68.5 Å². The van der Waals surface area contributed by atoms with Crippen molar-refractivity contribution in [1.29, 1.82) is 0 Å². The highest BCUT2D eigenvalue weighted by Crippen LogP contribution is 2.30. The van der Waals surface area contributed by atoms with Crippen LogP contribution in [0.4, 0.5) is 0 Å². The first-order valence-corrected chi connectivity index (χ1v) is 14.4. The van der Waals surface area contributed by atoms with Crippen molar-refractivity contribution in [3.63, 3.8) is 0 Å². The summed E-state index contributed by atoms with van der Waals surface area (Å²) in [5, 5.41) is 24.1. The van der Waals surface area contributed by atoms with Crippen molar-refractivity contribution in [2.45, 2.75) is 12.1 Å². The van der Waals surface area contributed by atoms with Gasteiger partial charge in [-0.05, 0) is 113 Å². The van der Waals surface area contributed by atoms with Crippen LogP contribution in [-0.4, -0.2) is 44.4 Å². The van der Waals surface area contributed by atoms with E-state index in [9.17, 15) is 9.90 Å². The minimum Gasteiger partial charge on any atom is -0.506 e. The molecule has 0 fully saturated rings. The summed E-state index contributed by atoms with van der Waals surface area (Å²) in [7, 11) is 0. The van der Waals surface area contributed by atoms with Crippen LogP contribution in [0.15, 0.2) is 70.9 Å². The molecule has 8 nitrogen and oxygen atoms in total. The molecule has 0 spiro atoms. The van der Waals surface area contributed by atoms with Gasteiger partial charge in [0.15, 0.2) is 11.0 Å². The van der Waals surface area contributed by atoms with Gasteiger partial charge in [0.25, 0.3) is 5.91 Å². The number of nitrogens with zero attached hydrogens (tertiary/aromatic N) is 4. The lowest BCUT2D eigenvalue weighted by Crippen LogP contribution is -2.20. The van der Waals surface area contributed by atoms with E-state index in [1.165, 1.54) is 18.0 Å². The van der Waals surface area contributed by atoms with Crippen molar-refractivity contribution < 1.29 is 14.6 Å². The van der Waals surface area contributed by atoms with E-state index in [-0.39, 0.29) is 17.4 Å². The minimum atomic E-state index is -0.324. The Balaban J connectivity index is 1.52. The Hall–Kier alpha value is -2.36. The maximum Gasteiger partial charge on any atom is 0.250 e. The van der Waals surface area contributed by atoms with Gasteiger partial charge in [0.05, 0.1) is 22.1 Å². The number of nitrogens with one attached hydrogen (secondary N) is 1. The monoisotopic (exact) mass is 759 g/mol. The molecule has 0 saturated carbocycles. The number of rotatable bonds is 9. The van der Waals surface area contributed by atoms with Crippen molar-refractivity contribution in [2.24, 2.45) is 5.10 Å². The Morgan fingerprint density at radius 2 is 1.89 bits per heavy atom. The summed E-state index contributed by atoms with van der Waals surface area (Å²) >= 11 is 11.5. The molecule has 0 radical (unpaired) electrons. The molecule has 0 atom stereocenters. The molecule has 190 valence electrons. The molecule has 1 aromatic heterocycles. The lowest BCUT2D eigenvalue weighted by Gasteiger charge is -2.11. The van der Waals surface area contributed by atoms with Gasteiger partial charge in [0, 0.05) is 25.4 Å². The molecular weight excluding hydrogens is 740 g/mol. The highest BCUT2D eigenvalue weighted by atomic mass is 127. The van der Waals surface area contributed by atoms with Crippen molar-refractivity contribution in [1.82, 2.24) is 20.2 Å². The van der Waals surface area contributed by atoms with Crippen LogP contribution in [0.1, 0.15) is 12.5 Å². The molecule has 3 aromatic carbocycles. The van der Waals surface area contributed by atoms with Gasteiger partial charge in [-0.2, -0.15) is 5.10 Å². The molecular formula is C25H20ClI2N5O3S. The molecule has 2 N–H and O–H groups in total. The van der Waals surface area contributed by atoms with Crippen molar-refractivity contribution >= 4 is 80.7 Å². The first-order chi connectivity index (χ1) is 17.9. The zero-order valence-corrected chi connectivity index (χ0v) is 25.2. The highest BCUT2D eigenvalue weighted by molar-refractivity contribution is 14.1. The molecule has 12 heteroatoms. The molecule has 4 aromatic rings. The van der Waals surface area contributed by atoms with Gasteiger partial charge >= 0.3 is 0 Å². The predicted molar refractivity (Wildman–Crippen MR) is 163 cm³/mol. The van der Waals surface area contributed by atoms with Gasteiger partial charge in [-0.15, -0.1) is 10.2 Å². The number of halogens is 3. The van der Waals surface area contributed by atoms with E-state index in [1.54, 1.807) is 18.2 Å². The van der Waals surface area contributed by atoms with E-state index >= 15 is 0 Å². The maximum absolute atomic E-state index is 12.5. The molecule has 0 aliphatic heterocycles. The Kier molecular flexibility index (Phi) is 9.67. The molecule has 0 saturated heterocycles. The average molecular weight is 760 g/mol. The van der Waals surface area contributed by atoms with Crippen LogP contribution in [0.3, 0.4) is 0 Å². The summed E-state index contributed by atoms with van der Waals surface area (Å²) in [6, 6.07) is 18.5. The largest absolute Gasteiger partial charge is 0.506 e. The second-order valence-corrected chi connectivity index (χ2v) is 11.3. The van der Waals surface area contributed by atoms with Gasteiger partial charge in [0.2, 0.25) is 0 Å². The van der Waals surface area contributed by atoms with Gasteiger partial charge in [-0.1, -0.05) is 23.4 Å². The topological polar surface area (TPSA) is 102 Å². The molecule has 0 bridgehead atoms. The van der Waals surface area contributed by atoms with E-state index in [0.717, 1.165) is 20.6 Å². The van der Waals surface area contributed by atoms with Crippen LogP contribution in [0.5, 0.6) is 11.5 Å². The summed E-state index contributed by atoms with van der Waals surface area (Å²) in [5.74, 6) is 1.23. The molecule has 1 heterocycles. The van der Waals surface area contributed by atoms with E-state index < -0.39 is 0 Å². The van der Waals surface area contributed by atoms with E-state index in [2.05, 4.69) is 43.3 Å². The number of hydrogen-bond acceptors (Lipinski definition) is 7. The summed E-state index contributed by atoms with van der Waals surface area (Å²) in [6.07, 6.45) is 1.42. The van der Waals surface area contributed by atoms with Crippen molar-refractivity contribution in [3.05, 3.63) is 78.4 Å². The Labute approximate surface area is 250 Å². The lowest BCUT2D eigenvalue weighted by molar-refractivity contribution is -0.118. The van der Waals surface area contributed by atoms with Gasteiger partial charge < -0.3 is 9.84 Å². The van der Waals surface area contributed by atoms with E-state index in [1.807, 2.05) is 76.5 Å². The number of ether oxygens (including phenoxy) is 1. The quantitative estimate of drug-likeness (QED) is 0.0921. The molecule has 0 unspecified atom stereocenters. The zero-order valence-electron chi connectivity index (χ0n) is 19.4. The number of phenolic OH excluding ortho intramolecular Hbond substituents is 1. The van der Waals surface area contributed by atoms with Crippen molar-refractivity contribution in [2.75, 3.05) is 12.4 Å². The fourth-order valence-corrected chi connectivity index (χ4v) is 6.02. The van der Waals surface area contributed by atoms with Gasteiger partial charge in [-0.25, -0.2) is 5.43 Å². The van der Waals surface area contributed by atoms with Crippen LogP contribution in [0, 0.1) is 7.14 Å². The van der Waals surface area contributed by atoms with Crippen LogP contribution in [0.25, 0.3) is 17.1 Å². The van der Waals surface area contributed by atoms with Crippen LogP contribution in [-0.2, 0) is 4.79 Å². The Morgan fingerprint density at radius 3 is 2.59 bits per heavy atom. The summed E-state index contributed by atoms with van der Waals surface area (Å²) < 4.78 is 9.10. The highest BCUT2D eigenvalue weighted by Gasteiger charge is 2.17.